The first-order valence-corrected chi connectivity index (χ1v) is 8.71. The molecule has 1 saturated carbocycles. The third-order valence-electron chi connectivity index (χ3n) is 5.71. The molecule has 2 atom stereocenters. The third kappa shape index (κ3) is 1.93. The lowest BCUT2D eigenvalue weighted by Crippen LogP contribution is -2.00. The van der Waals surface area contributed by atoms with Gasteiger partial charge in [0.15, 0.2) is 0 Å². The Balaban J connectivity index is 1.82. The molecule has 116 valence electrons. The lowest BCUT2D eigenvalue weighted by atomic mass is 9.86. The van der Waals surface area contributed by atoms with E-state index in [4.69, 9.17) is 0 Å². The predicted octanol–water partition coefficient (Wildman–Crippen LogP) is 5.35. The van der Waals surface area contributed by atoms with Gasteiger partial charge in [0, 0.05) is 21.9 Å². The number of aryl methyl sites for hydroxylation is 1. The summed E-state index contributed by atoms with van der Waals surface area (Å²) in [5.41, 5.74) is 3.35. The summed E-state index contributed by atoms with van der Waals surface area (Å²) in [6, 6.07) is 6.20. The quantitative estimate of drug-likeness (QED) is 0.590. The molecule has 0 amide bonds. The van der Waals surface area contributed by atoms with Gasteiger partial charge in [-0.15, -0.1) is 0 Å². The van der Waals surface area contributed by atoms with Gasteiger partial charge in [0.1, 0.15) is 11.5 Å². The molecular formula is C20H24O2. The summed E-state index contributed by atoms with van der Waals surface area (Å²) >= 11 is 0. The van der Waals surface area contributed by atoms with Crippen molar-refractivity contribution < 1.29 is 10.2 Å². The Morgan fingerprint density at radius 3 is 2.32 bits per heavy atom. The van der Waals surface area contributed by atoms with Crippen LogP contribution < -0.4 is 0 Å². The number of benzene rings is 2. The maximum atomic E-state index is 10.8. The average molecular weight is 296 g/mol. The van der Waals surface area contributed by atoms with Crippen molar-refractivity contribution in [3.8, 4) is 11.5 Å². The molecule has 2 heteroatoms. The van der Waals surface area contributed by atoms with E-state index in [0.29, 0.717) is 23.3 Å². The van der Waals surface area contributed by atoms with Crippen LogP contribution in [0.1, 0.15) is 74.0 Å². The summed E-state index contributed by atoms with van der Waals surface area (Å²) in [5.74, 6) is 1.78. The van der Waals surface area contributed by atoms with Crippen molar-refractivity contribution in [1.82, 2.24) is 0 Å². The van der Waals surface area contributed by atoms with E-state index < -0.39 is 0 Å². The zero-order chi connectivity index (χ0) is 15.3. The van der Waals surface area contributed by atoms with Gasteiger partial charge in [-0.25, -0.2) is 0 Å². The zero-order valence-electron chi connectivity index (χ0n) is 13.2. The Labute approximate surface area is 131 Å². The minimum atomic E-state index is 0.426. The summed E-state index contributed by atoms with van der Waals surface area (Å²) in [7, 11) is 0. The fraction of sp³-hybridized carbons (Fsp3) is 0.500. The molecule has 0 aliphatic heterocycles. The highest BCUT2D eigenvalue weighted by Gasteiger charge is 2.41. The molecule has 2 unspecified atom stereocenters. The number of aromatic hydroxyl groups is 2. The molecule has 4 rings (SSSR count). The highest BCUT2D eigenvalue weighted by atomic mass is 16.3. The molecule has 22 heavy (non-hydrogen) atoms. The monoisotopic (exact) mass is 296 g/mol. The van der Waals surface area contributed by atoms with Crippen molar-refractivity contribution in [2.75, 3.05) is 0 Å². The maximum Gasteiger partial charge on any atom is 0.127 e. The molecule has 0 aromatic heterocycles. The Bertz CT molecular complexity index is 732. The second-order valence-electron chi connectivity index (χ2n) is 7.07. The molecule has 2 aromatic rings. The van der Waals surface area contributed by atoms with Crippen molar-refractivity contribution in [1.29, 1.82) is 0 Å². The van der Waals surface area contributed by atoms with Crippen LogP contribution in [0.3, 0.4) is 0 Å². The minimum Gasteiger partial charge on any atom is -0.507 e. The van der Waals surface area contributed by atoms with Crippen LogP contribution in [0.5, 0.6) is 11.5 Å². The van der Waals surface area contributed by atoms with E-state index in [1.54, 1.807) is 0 Å². The summed E-state index contributed by atoms with van der Waals surface area (Å²) in [5, 5.41) is 23.2. The zero-order valence-corrected chi connectivity index (χ0v) is 13.2. The van der Waals surface area contributed by atoms with Crippen LogP contribution in [0.15, 0.2) is 18.2 Å². The minimum absolute atomic E-state index is 0.426. The van der Waals surface area contributed by atoms with Crippen LogP contribution in [0, 0.1) is 0 Å². The van der Waals surface area contributed by atoms with Crippen LogP contribution in [0.4, 0.5) is 0 Å². The van der Waals surface area contributed by atoms with E-state index in [-0.39, 0.29) is 0 Å². The molecule has 0 saturated heterocycles. The number of hydrogen-bond acceptors (Lipinski definition) is 2. The number of phenols is 2. The van der Waals surface area contributed by atoms with Gasteiger partial charge in [0.2, 0.25) is 0 Å². The molecule has 2 N–H and O–H groups in total. The summed E-state index contributed by atoms with van der Waals surface area (Å²) in [4.78, 5) is 0. The number of phenolic OH excluding ortho intramolecular Hbond substituents is 2. The molecule has 1 fully saturated rings. The lowest BCUT2D eigenvalue weighted by molar-refractivity contribution is 0.451. The Morgan fingerprint density at radius 1 is 0.955 bits per heavy atom. The summed E-state index contributed by atoms with van der Waals surface area (Å²) in [6.45, 7) is 2.21. The smallest absolute Gasteiger partial charge is 0.127 e. The summed E-state index contributed by atoms with van der Waals surface area (Å²) in [6.07, 6.45) is 8.12. The molecule has 2 nitrogen and oxygen atoms in total. The van der Waals surface area contributed by atoms with Crippen molar-refractivity contribution in [3.05, 3.63) is 34.9 Å². The highest BCUT2D eigenvalue weighted by molar-refractivity contribution is 5.97. The molecule has 2 aromatic carbocycles. The van der Waals surface area contributed by atoms with Crippen molar-refractivity contribution >= 4 is 10.8 Å². The normalized spacial score (nSPS) is 22.4. The van der Waals surface area contributed by atoms with Crippen LogP contribution in [0.2, 0.25) is 0 Å². The number of unbranched alkanes of at least 4 members (excludes halogenated alkanes) is 2. The lowest BCUT2D eigenvalue weighted by Gasteiger charge is -2.20. The molecule has 2 aliphatic carbocycles. The molecule has 2 aliphatic rings. The second-order valence-corrected chi connectivity index (χ2v) is 7.07. The Morgan fingerprint density at radius 2 is 1.64 bits per heavy atom. The first-order chi connectivity index (χ1) is 10.7. The largest absolute Gasteiger partial charge is 0.507 e. The Hall–Kier alpha value is -1.70. The van der Waals surface area contributed by atoms with Gasteiger partial charge in [-0.05, 0) is 55.6 Å². The van der Waals surface area contributed by atoms with Crippen molar-refractivity contribution in [2.24, 2.45) is 0 Å². The topological polar surface area (TPSA) is 40.5 Å². The van der Waals surface area contributed by atoms with E-state index in [1.807, 2.05) is 6.07 Å². The van der Waals surface area contributed by atoms with Gasteiger partial charge in [0.05, 0.1) is 0 Å². The van der Waals surface area contributed by atoms with E-state index in [1.165, 1.54) is 24.8 Å². The van der Waals surface area contributed by atoms with E-state index in [2.05, 4.69) is 19.1 Å². The standard InChI is InChI=1S/C20H24O2/c1-2-3-4-5-12-6-9-15-16(10-12)20(22)18-14-8-7-13(11-14)17(18)19(15)21/h6,9-10,13-14,21-22H,2-5,7-8,11H2,1H3. The first kappa shape index (κ1) is 13.9. The van der Waals surface area contributed by atoms with E-state index in [9.17, 15) is 10.2 Å². The first-order valence-electron chi connectivity index (χ1n) is 8.71. The van der Waals surface area contributed by atoms with Gasteiger partial charge in [-0.1, -0.05) is 31.9 Å². The van der Waals surface area contributed by atoms with Crippen LogP contribution in [-0.4, -0.2) is 10.2 Å². The molecule has 0 heterocycles. The van der Waals surface area contributed by atoms with Crippen LogP contribution in [-0.2, 0) is 6.42 Å². The van der Waals surface area contributed by atoms with Crippen molar-refractivity contribution in [3.63, 3.8) is 0 Å². The van der Waals surface area contributed by atoms with Gasteiger partial charge < -0.3 is 10.2 Å². The van der Waals surface area contributed by atoms with Crippen molar-refractivity contribution in [2.45, 2.75) is 63.7 Å². The molecule has 2 bridgehead atoms. The van der Waals surface area contributed by atoms with E-state index in [0.717, 1.165) is 47.6 Å². The van der Waals surface area contributed by atoms with Crippen LogP contribution >= 0.6 is 0 Å². The SMILES string of the molecule is CCCCCc1ccc2c(O)c3c(c(O)c2c1)C1CCC3C1. The number of rotatable bonds is 4. The number of fused-ring (bicyclic) bond motifs is 6. The molecular weight excluding hydrogens is 272 g/mol. The van der Waals surface area contributed by atoms with Gasteiger partial charge in [-0.2, -0.15) is 0 Å². The average Bonchev–Trinajstić information content (AvgIpc) is 3.14. The third-order valence-corrected chi connectivity index (χ3v) is 5.71. The fourth-order valence-electron chi connectivity index (χ4n) is 4.61. The fourth-order valence-corrected chi connectivity index (χ4v) is 4.61. The second kappa shape index (κ2) is 5.19. The molecule has 0 spiro atoms. The summed E-state index contributed by atoms with van der Waals surface area (Å²) < 4.78 is 0. The van der Waals surface area contributed by atoms with Crippen LogP contribution in [0.25, 0.3) is 10.8 Å². The maximum absolute atomic E-state index is 10.8. The Kier molecular flexibility index (Phi) is 3.28. The van der Waals surface area contributed by atoms with Gasteiger partial charge in [-0.3, -0.25) is 0 Å². The van der Waals surface area contributed by atoms with E-state index >= 15 is 0 Å². The van der Waals surface area contributed by atoms with Gasteiger partial charge in [0.25, 0.3) is 0 Å². The highest BCUT2D eigenvalue weighted by Crippen LogP contribution is 2.60. The van der Waals surface area contributed by atoms with Gasteiger partial charge >= 0.3 is 0 Å². The predicted molar refractivity (Wildman–Crippen MR) is 89.8 cm³/mol. The molecule has 0 radical (unpaired) electrons. The number of hydrogen-bond donors (Lipinski definition) is 2.